The lowest BCUT2D eigenvalue weighted by Crippen LogP contribution is -3.14. The van der Waals surface area contributed by atoms with Crippen LogP contribution in [0.5, 0.6) is 5.75 Å². The van der Waals surface area contributed by atoms with Crippen molar-refractivity contribution in [3.05, 3.63) is 29.3 Å². The highest BCUT2D eigenvalue weighted by Crippen LogP contribution is 2.18. The molecule has 4 N–H and O–H groups in total. The van der Waals surface area contributed by atoms with Crippen molar-refractivity contribution in [1.82, 2.24) is 10.7 Å². The van der Waals surface area contributed by atoms with E-state index in [1.54, 1.807) is 6.07 Å². The van der Waals surface area contributed by atoms with Crippen molar-refractivity contribution in [2.75, 3.05) is 39.4 Å². The van der Waals surface area contributed by atoms with Crippen LogP contribution in [0.25, 0.3) is 0 Å². The van der Waals surface area contributed by atoms with Gasteiger partial charge in [-0.2, -0.15) is 5.10 Å². The van der Waals surface area contributed by atoms with Crippen molar-refractivity contribution in [3.63, 3.8) is 0 Å². The van der Waals surface area contributed by atoms with Gasteiger partial charge in [0.25, 0.3) is 0 Å². The second-order valence-corrected chi connectivity index (χ2v) is 6.11. The third-order valence-corrected chi connectivity index (χ3v) is 4.07. The Morgan fingerprint density at radius 2 is 2.13 bits per heavy atom. The Morgan fingerprint density at radius 3 is 2.87 bits per heavy atom. The molecule has 1 aromatic carbocycles. The van der Waals surface area contributed by atoms with Crippen LogP contribution in [0.3, 0.4) is 0 Å². The number of rotatable bonds is 5. The number of benzene rings is 1. The first-order valence-electron chi connectivity index (χ1n) is 7.85. The number of hydrogen-bond acceptors (Lipinski definition) is 4. The molecular formula is C16H25N4O2S+. The number of nitrogens with zero attached hydrogens (tertiary/aromatic N) is 1. The van der Waals surface area contributed by atoms with E-state index in [1.807, 2.05) is 26.0 Å². The normalized spacial score (nSPS) is 16.2. The molecule has 0 unspecified atom stereocenters. The van der Waals surface area contributed by atoms with Crippen molar-refractivity contribution in [3.8, 4) is 5.75 Å². The predicted octanol–water partition coefficient (Wildman–Crippen LogP) is -0.196. The highest BCUT2D eigenvalue weighted by molar-refractivity contribution is 7.80. The van der Waals surface area contributed by atoms with Gasteiger partial charge in [0.1, 0.15) is 18.8 Å². The van der Waals surface area contributed by atoms with Gasteiger partial charge in [0.05, 0.1) is 32.0 Å². The molecule has 0 aromatic heterocycles. The van der Waals surface area contributed by atoms with Gasteiger partial charge < -0.3 is 20.1 Å². The van der Waals surface area contributed by atoms with Crippen LogP contribution < -0.4 is 15.6 Å². The number of nitrogens with one attached hydrogen (secondary N) is 3. The Kier molecular flexibility index (Phi) is 6.76. The Hall–Kier alpha value is -1.70. The van der Waals surface area contributed by atoms with Crippen LogP contribution in [0.15, 0.2) is 23.3 Å². The quantitative estimate of drug-likeness (QED) is 0.340. The topological polar surface area (TPSA) is 70.3 Å². The molecule has 126 valence electrons. The van der Waals surface area contributed by atoms with Gasteiger partial charge >= 0.3 is 0 Å². The van der Waals surface area contributed by atoms with E-state index in [0.29, 0.717) is 16.4 Å². The molecule has 1 aliphatic heterocycles. The minimum absolute atomic E-state index is 0.216. The van der Waals surface area contributed by atoms with Gasteiger partial charge in [0.2, 0.25) is 0 Å². The molecule has 1 aliphatic rings. The highest BCUT2D eigenvalue weighted by Gasteiger charge is 2.12. The molecule has 1 aromatic rings. The summed E-state index contributed by atoms with van der Waals surface area (Å²) in [5.74, 6) is 0.216. The maximum absolute atomic E-state index is 9.89. The fourth-order valence-corrected chi connectivity index (χ4v) is 2.58. The summed E-state index contributed by atoms with van der Waals surface area (Å²) < 4.78 is 5.33. The number of quaternary nitrogens is 1. The second kappa shape index (κ2) is 8.81. The van der Waals surface area contributed by atoms with Gasteiger partial charge in [-0.25, -0.2) is 0 Å². The van der Waals surface area contributed by atoms with Crippen LogP contribution in [0.4, 0.5) is 0 Å². The van der Waals surface area contributed by atoms with E-state index in [4.69, 9.17) is 17.0 Å². The zero-order valence-electron chi connectivity index (χ0n) is 13.7. The van der Waals surface area contributed by atoms with Gasteiger partial charge in [-0.1, -0.05) is 11.6 Å². The average molecular weight is 337 g/mol. The molecule has 0 aliphatic carbocycles. The predicted molar refractivity (Wildman–Crippen MR) is 95.2 cm³/mol. The summed E-state index contributed by atoms with van der Waals surface area (Å²) >= 11 is 5.22. The van der Waals surface area contributed by atoms with E-state index in [0.717, 1.165) is 45.0 Å². The average Bonchev–Trinajstić information content (AvgIpc) is 2.56. The van der Waals surface area contributed by atoms with Crippen molar-refractivity contribution in [2.45, 2.75) is 13.8 Å². The van der Waals surface area contributed by atoms with Gasteiger partial charge in [0.15, 0.2) is 5.11 Å². The third-order valence-electron chi connectivity index (χ3n) is 3.83. The molecule has 2 rings (SSSR count). The van der Waals surface area contributed by atoms with Gasteiger partial charge in [-0.05, 0) is 38.2 Å². The fraction of sp³-hybridized carbons (Fsp3) is 0.500. The summed E-state index contributed by atoms with van der Waals surface area (Å²) in [7, 11) is 0. The smallest absolute Gasteiger partial charge is 0.187 e. The number of phenols is 1. The van der Waals surface area contributed by atoms with Crippen LogP contribution >= 0.6 is 12.2 Å². The molecule has 1 fully saturated rings. The van der Waals surface area contributed by atoms with Crippen molar-refractivity contribution < 1.29 is 14.7 Å². The number of thiocarbonyl (C=S) groups is 1. The third kappa shape index (κ3) is 5.78. The SMILES string of the molecule is C/C(=N\NC(=S)NCC[NH+]1CCOCC1)c1cc(C)ccc1O. The molecule has 0 spiro atoms. The number of morpholine rings is 1. The molecular weight excluding hydrogens is 312 g/mol. The molecule has 0 saturated carbocycles. The standard InChI is InChI=1S/C16H24N4O2S/c1-12-3-4-15(21)14(11-12)13(2)18-19-16(23)17-5-6-20-7-9-22-10-8-20/h3-4,11,21H,5-10H2,1-2H3,(H2,17,19,23)/p+1/b18-13+. The monoisotopic (exact) mass is 337 g/mol. The summed E-state index contributed by atoms with van der Waals surface area (Å²) in [6.45, 7) is 9.38. The maximum Gasteiger partial charge on any atom is 0.187 e. The van der Waals surface area contributed by atoms with Crippen molar-refractivity contribution in [1.29, 1.82) is 0 Å². The van der Waals surface area contributed by atoms with Crippen LogP contribution in [0.1, 0.15) is 18.1 Å². The number of hydrazone groups is 1. The molecule has 7 heteroatoms. The van der Waals surface area contributed by atoms with Crippen LogP contribution in [-0.4, -0.2) is 55.3 Å². The Labute approximate surface area is 142 Å². The summed E-state index contributed by atoms with van der Waals surface area (Å²) in [4.78, 5) is 1.52. The van der Waals surface area contributed by atoms with E-state index in [1.165, 1.54) is 4.90 Å². The van der Waals surface area contributed by atoms with Gasteiger partial charge in [-0.15, -0.1) is 0 Å². The molecule has 6 nitrogen and oxygen atoms in total. The van der Waals surface area contributed by atoms with E-state index >= 15 is 0 Å². The van der Waals surface area contributed by atoms with Crippen LogP contribution in [-0.2, 0) is 4.74 Å². The van der Waals surface area contributed by atoms with E-state index < -0.39 is 0 Å². The van der Waals surface area contributed by atoms with Crippen molar-refractivity contribution >= 4 is 23.0 Å². The first-order chi connectivity index (χ1) is 11.1. The number of aryl methyl sites for hydroxylation is 1. The Balaban J connectivity index is 1.77. The summed E-state index contributed by atoms with van der Waals surface area (Å²) in [5.41, 5.74) is 5.29. The lowest BCUT2D eigenvalue weighted by atomic mass is 10.1. The molecule has 0 bridgehead atoms. The van der Waals surface area contributed by atoms with Gasteiger partial charge in [0, 0.05) is 5.56 Å². The number of aromatic hydroxyl groups is 1. The summed E-state index contributed by atoms with van der Waals surface area (Å²) in [6, 6.07) is 5.43. The minimum Gasteiger partial charge on any atom is -0.507 e. The van der Waals surface area contributed by atoms with Crippen LogP contribution in [0, 0.1) is 6.92 Å². The fourth-order valence-electron chi connectivity index (χ4n) is 2.44. The van der Waals surface area contributed by atoms with E-state index in [9.17, 15) is 5.11 Å². The molecule has 0 amide bonds. The molecule has 0 radical (unpaired) electrons. The minimum atomic E-state index is 0.216. The number of hydrogen-bond donors (Lipinski definition) is 4. The molecule has 23 heavy (non-hydrogen) atoms. The summed E-state index contributed by atoms with van der Waals surface area (Å²) in [6.07, 6.45) is 0. The Morgan fingerprint density at radius 1 is 1.39 bits per heavy atom. The lowest BCUT2D eigenvalue weighted by Gasteiger charge is -2.23. The largest absolute Gasteiger partial charge is 0.507 e. The van der Waals surface area contributed by atoms with Crippen molar-refractivity contribution in [2.24, 2.45) is 5.10 Å². The first-order valence-corrected chi connectivity index (χ1v) is 8.26. The summed E-state index contributed by atoms with van der Waals surface area (Å²) in [5, 5.41) is 17.8. The van der Waals surface area contributed by atoms with Crippen LogP contribution in [0.2, 0.25) is 0 Å². The zero-order valence-corrected chi connectivity index (χ0v) is 14.5. The number of ether oxygens (including phenoxy) is 1. The number of phenolic OH excluding ortho intramolecular Hbond substituents is 1. The zero-order chi connectivity index (χ0) is 16.7. The Bertz CT molecular complexity index is 571. The molecule has 1 heterocycles. The van der Waals surface area contributed by atoms with Gasteiger partial charge in [-0.3, -0.25) is 5.43 Å². The molecule has 0 atom stereocenters. The maximum atomic E-state index is 9.89. The highest BCUT2D eigenvalue weighted by atomic mass is 32.1. The first kappa shape index (κ1) is 17.7. The van der Waals surface area contributed by atoms with E-state index in [2.05, 4.69) is 15.8 Å². The second-order valence-electron chi connectivity index (χ2n) is 5.70. The lowest BCUT2D eigenvalue weighted by molar-refractivity contribution is -0.906. The van der Waals surface area contributed by atoms with E-state index in [-0.39, 0.29) is 5.75 Å². The molecule has 1 saturated heterocycles.